The Labute approximate surface area is 173 Å². The molecule has 0 fully saturated rings. The molecule has 3 heterocycles. The summed E-state index contributed by atoms with van der Waals surface area (Å²) in [6.07, 6.45) is 8.09. The number of imidazole rings is 2. The van der Waals surface area contributed by atoms with Gasteiger partial charge in [0.2, 0.25) is 0 Å². The van der Waals surface area contributed by atoms with Gasteiger partial charge in [-0.2, -0.15) is 8.42 Å². The van der Waals surface area contributed by atoms with Gasteiger partial charge in [0.05, 0.1) is 0 Å². The average molecular weight is 424 g/mol. The van der Waals surface area contributed by atoms with Gasteiger partial charge in [-0.1, -0.05) is 0 Å². The molecule has 2 N–H and O–H groups in total. The Morgan fingerprint density at radius 2 is 1.87 bits per heavy atom. The van der Waals surface area contributed by atoms with Crippen molar-refractivity contribution < 1.29 is 8.42 Å². The lowest BCUT2D eigenvalue weighted by atomic mass is 10.3. The number of aromatic nitrogens is 6. The molecule has 10 nitrogen and oxygen atoms in total. The van der Waals surface area contributed by atoms with Crippen molar-refractivity contribution >= 4 is 27.2 Å². The van der Waals surface area contributed by atoms with E-state index in [0.29, 0.717) is 29.7 Å². The van der Waals surface area contributed by atoms with Crippen LogP contribution in [0, 0.1) is 6.92 Å². The highest BCUT2D eigenvalue weighted by molar-refractivity contribution is 7.92. The van der Waals surface area contributed by atoms with Gasteiger partial charge in [0.1, 0.15) is 30.1 Å². The Balaban J connectivity index is 1.47. The summed E-state index contributed by atoms with van der Waals surface area (Å²) in [6.45, 7) is 4.36. The van der Waals surface area contributed by atoms with Crippen LogP contribution in [-0.4, -0.2) is 37.5 Å². The number of rotatable bonds is 7. The molecule has 3 aromatic heterocycles. The number of aryl methyl sites for hydroxylation is 2. The molecule has 0 amide bonds. The summed E-state index contributed by atoms with van der Waals surface area (Å²) in [5.41, 5.74) is 1.19. The van der Waals surface area contributed by atoms with Gasteiger partial charge < -0.3 is 9.88 Å². The predicted octanol–water partition coefficient (Wildman–Crippen LogP) is 2.73. The van der Waals surface area contributed by atoms with Gasteiger partial charge in [-0.15, -0.1) is 0 Å². The second-order valence-corrected chi connectivity index (χ2v) is 8.08. The second-order valence-electron chi connectivity index (χ2n) is 6.45. The van der Waals surface area contributed by atoms with Crippen molar-refractivity contribution in [1.82, 2.24) is 29.1 Å². The van der Waals surface area contributed by atoms with E-state index < -0.39 is 10.0 Å². The zero-order chi connectivity index (χ0) is 21.1. The SMILES string of the molecule is CCn1cc(S(=O)(=O)Nc2ccc(Nc3cc(-n4ccnc4)ncn3)cc2)nc1C. The number of benzene rings is 1. The molecular formula is C19H20N8O2S. The van der Waals surface area contributed by atoms with Gasteiger partial charge in [-0.05, 0) is 38.1 Å². The Bertz CT molecular complexity index is 1250. The lowest BCUT2D eigenvalue weighted by molar-refractivity contribution is 0.598. The molecule has 0 radical (unpaired) electrons. The summed E-state index contributed by atoms with van der Waals surface area (Å²) in [5, 5.41) is 3.17. The van der Waals surface area contributed by atoms with Crippen molar-refractivity contribution in [2.75, 3.05) is 10.0 Å². The zero-order valence-electron chi connectivity index (χ0n) is 16.4. The van der Waals surface area contributed by atoms with Gasteiger partial charge in [0, 0.05) is 42.6 Å². The fraction of sp³-hybridized carbons (Fsp3) is 0.158. The van der Waals surface area contributed by atoms with Gasteiger partial charge >= 0.3 is 0 Å². The molecule has 30 heavy (non-hydrogen) atoms. The molecule has 1 aromatic carbocycles. The maximum Gasteiger partial charge on any atom is 0.280 e. The standard InChI is InChI=1S/C19H20N8O2S/c1-3-26-11-19(23-14(26)2)30(28,29)25-16-6-4-15(5-7-16)24-17-10-18(22-12-21-17)27-9-8-20-13-27/h4-13,25H,3H2,1-2H3,(H,21,22,24). The van der Waals surface area contributed by atoms with Crippen molar-refractivity contribution in [3.05, 3.63) is 67.4 Å². The maximum atomic E-state index is 12.6. The number of sulfonamides is 1. The quantitative estimate of drug-likeness (QED) is 0.468. The summed E-state index contributed by atoms with van der Waals surface area (Å²) in [6, 6.07) is 8.63. The Morgan fingerprint density at radius 3 is 2.53 bits per heavy atom. The first-order valence-corrected chi connectivity index (χ1v) is 10.7. The minimum Gasteiger partial charge on any atom is -0.340 e. The molecule has 0 atom stereocenters. The molecule has 154 valence electrons. The van der Waals surface area contributed by atoms with E-state index in [1.54, 1.807) is 65.1 Å². The van der Waals surface area contributed by atoms with Crippen LogP contribution in [0.5, 0.6) is 0 Å². The van der Waals surface area contributed by atoms with E-state index in [-0.39, 0.29) is 5.03 Å². The van der Waals surface area contributed by atoms with Crippen LogP contribution in [0.2, 0.25) is 0 Å². The fourth-order valence-electron chi connectivity index (χ4n) is 2.86. The van der Waals surface area contributed by atoms with E-state index in [1.807, 2.05) is 6.92 Å². The molecule has 0 unspecified atom stereocenters. The van der Waals surface area contributed by atoms with Crippen molar-refractivity contribution in [2.24, 2.45) is 0 Å². The molecule has 0 aliphatic rings. The monoisotopic (exact) mass is 424 g/mol. The van der Waals surface area contributed by atoms with E-state index in [9.17, 15) is 8.42 Å². The molecule has 0 aliphatic heterocycles. The normalized spacial score (nSPS) is 11.4. The molecule has 0 saturated carbocycles. The van der Waals surface area contributed by atoms with Crippen LogP contribution < -0.4 is 10.0 Å². The molecule has 4 aromatic rings. The second kappa shape index (κ2) is 7.95. The first-order valence-electron chi connectivity index (χ1n) is 9.18. The number of nitrogens with one attached hydrogen (secondary N) is 2. The summed E-state index contributed by atoms with van der Waals surface area (Å²) in [7, 11) is -3.76. The topological polar surface area (TPSA) is 120 Å². The van der Waals surface area contributed by atoms with E-state index in [0.717, 1.165) is 5.69 Å². The Morgan fingerprint density at radius 1 is 1.10 bits per heavy atom. The van der Waals surface area contributed by atoms with Gasteiger partial charge in [0.25, 0.3) is 10.0 Å². The lowest BCUT2D eigenvalue weighted by Crippen LogP contribution is -2.13. The lowest BCUT2D eigenvalue weighted by Gasteiger charge is -2.09. The first-order chi connectivity index (χ1) is 14.4. The molecule has 0 aliphatic carbocycles. The molecule has 0 bridgehead atoms. The van der Waals surface area contributed by atoms with E-state index in [1.165, 1.54) is 12.5 Å². The van der Waals surface area contributed by atoms with Gasteiger partial charge in [0.15, 0.2) is 5.03 Å². The molecular weight excluding hydrogens is 404 g/mol. The van der Waals surface area contributed by atoms with Crippen LogP contribution in [0.3, 0.4) is 0 Å². The third kappa shape index (κ3) is 4.15. The van der Waals surface area contributed by atoms with Crippen LogP contribution in [0.25, 0.3) is 5.82 Å². The summed E-state index contributed by atoms with van der Waals surface area (Å²) in [5.74, 6) is 1.93. The smallest absolute Gasteiger partial charge is 0.280 e. The number of anilines is 3. The highest BCUT2D eigenvalue weighted by Crippen LogP contribution is 2.21. The minimum absolute atomic E-state index is 0.00271. The Hall–Kier alpha value is -3.73. The highest BCUT2D eigenvalue weighted by atomic mass is 32.2. The predicted molar refractivity (Wildman–Crippen MR) is 112 cm³/mol. The summed E-state index contributed by atoms with van der Waals surface area (Å²) >= 11 is 0. The number of nitrogens with zero attached hydrogens (tertiary/aromatic N) is 6. The van der Waals surface area contributed by atoms with Crippen LogP contribution in [0.1, 0.15) is 12.7 Å². The third-order valence-electron chi connectivity index (χ3n) is 4.40. The van der Waals surface area contributed by atoms with E-state index in [4.69, 9.17) is 0 Å². The first kappa shape index (κ1) is 19.6. The van der Waals surface area contributed by atoms with Gasteiger partial charge in [-0.3, -0.25) is 9.29 Å². The number of hydrogen-bond acceptors (Lipinski definition) is 7. The van der Waals surface area contributed by atoms with Crippen LogP contribution in [0.15, 0.2) is 66.6 Å². The van der Waals surface area contributed by atoms with Crippen LogP contribution >= 0.6 is 0 Å². The number of hydrogen-bond donors (Lipinski definition) is 2. The highest BCUT2D eigenvalue weighted by Gasteiger charge is 2.19. The zero-order valence-corrected chi connectivity index (χ0v) is 17.2. The average Bonchev–Trinajstić information content (AvgIpc) is 3.39. The van der Waals surface area contributed by atoms with Gasteiger partial charge in [-0.25, -0.2) is 19.9 Å². The van der Waals surface area contributed by atoms with Crippen LogP contribution in [-0.2, 0) is 16.6 Å². The van der Waals surface area contributed by atoms with Crippen molar-refractivity contribution in [3.8, 4) is 5.82 Å². The van der Waals surface area contributed by atoms with Crippen molar-refractivity contribution in [3.63, 3.8) is 0 Å². The molecule has 0 saturated heterocycles. The minimum atomic E-state index is -3.76. The summed E-state index contributed by atoms with van der Waals surface area (Å²) < 4.78 is 31.3. The van der Waals surface area contributed by atoms with Crippen molar-refractivity contribution in [2.45, 2.75) is 25.4 Å². The molecule has 0 spiro atoms. The van der Waals surface area contributed by atoms with Crippen LogP contribution in [0.4, 0.5) is 17.2 Å². The maximum absolute atomic E-state index is 12.6. The molecule has 4 rings (SSSR count). The van der Waals surface area contributed by atoms with E-state index in [2.05, 4.69) is 30.0 Å². The fourth-order valence-corrected chi connectivity index (χ4v) is 3.93. The molecule has 11 heteroatoms. The third-order valence-corrected chi connectivity index (χ3v) is 5.65. The Kier molecular flexibility index (Phi) is 5.19. The summed E-state index contributed by atoms with van der Waals surface area (Å²) in [4.78, 5) is 16.6. The van der Waals surface area contributed by atoms with Crippen molar-refractivity contribution in [1.29, 1.82) is 0 Å². The van der Waals surface area contributed by atoms with E-state index >= 15 is 0 Å². The largest absolute Gasteiger partial charge is 0.340 e.